The van der Waals surface area contributed by atoms with Gasteiger partial charge >= 0.3 is 0 Å². The predicted octanol–water partition coefficient (Wildman–Crippen LogP) is -0.416. The van der Waals surface area contributed by atoms with E-state index in [1.807, 2.05) is 0 Å². The first-order chi connectivity index (χ1) is 8.06. The van der Waals surface area contributed by atoms with E-state index in [1.165, 1.54) is 13.2 Å². The third-order valence-corrected chi connectivity index (χ3v) is 3.53. The van der Waals surface area contributed by atoms with Crippen molar-refractivity contribution >= 4 is 11.6 Å². The summed E-state index contributed by atoms with van der Waals surface area (Å²) in [4.78, 5) is 24.1. The minimum Gasteiger partial charge on any atom is -0.493 e. The van der Waals surface area contributed by atoms with E-state index in [1.54, 1.807) is 6.08 Å². The van der Waals surface area contributed by atoms with Crippen LogP contribution in [0.1, 0.15) is 6.42 Å². The fourth-order valence-corrected chi connectivity index (χ4v) is 2.53. The van der Waals surface area contributed by atoms with Gasteiger partial charge in [-0.25, -0.2) is 0 Å². The second-order valence-corrected chi connectivity index (χ2v) is 4.36. The quantitative estimate of drug-likeness (QED) is 0.639. The second-order valence-electron chi connectivity index (χ2n) is 4.36. The highest BCUT2D eigenvalue weighted by Gasteiger charge is 2.55. The average Bonchev–Trinajstić information content (AvgIpc) is 2.33. The van der Waals surface area contributed by atoms with Crippen molar-refractivity contribution in [3.05, 3.63) is 24.0 Å². The monoisotopic (exact) mass is 238 g/mol. The Labute approximate surface area is 98.4 Å². The minimum absolute atomic E-state index is 0.0570. The number of aliphatic hydroxyl groups excluding tert-OH is 2. The lowest BCUT2D eigenvalue weighted by Gasteiger charge is -2.42. The Balaban J connectivity index is 2.54. The molecule has 0 aromatic carbocycles. The van der Waals surface area contributed by atoms with Crippen LogP contribution >= 0.6 is 0 Å². The molecule has 0 aliphatic heterocycles. The smallest absolute Gasteiger partial charge is 0.204 e. The summed E-state index contributed by atoms with van der Waals surface area (Å²) in [6.45, 7) is -0.461. The number of hydrogen-bond donors (Lipinski definition) is 2. The number of Topliss-reactive ketones (excluding diaryl/α,β-unsaturated/α-hetero) is 1. The second kappa shape index (κ2) is 4.09. The van der Waals surface area contributed by atoms with Gasteiger partial charge < -0.3 is 14.9 Å². The summed E-state index contributed by atoms with van der Waals surface area (Å²) in [5, 5.41) is 19.3. The first kappa shape index (κ1) is 12.0. The summed E-state index contributed by atoms with van der Waals surface area (Å²) in [5.41, 5.74) is -1.23. The van der Waals surface area contributed by atoms with Gasteiger partial charge in [0.05, 0.1) is 31.2 Å². The van der Waals surface area contributed by atoms with E-state index in [0.717, 1.165) is 6.08 Å². The molecule has 2 rings (SSSR count). The van der Waals surface area contributed by atoms with Crippen LogP contribution in [0.15, 0.2) is 24.0 Å². The highest BCUT2D eigenvalue weighted by atomic mass is 16.5. The number of fused-ring (bicyclic) bond motifs is 1. The number of ketones is 2. The van der Waals surface area contributed by atoms with Gasteiger partial charge in [-0.2, -0.15) is 0 Å². The van der Waals surface area contributed by atoms with Gasteiger partial charge in [-0.1, -0.05) is 12.2 Å². The van der Waals surface area contributed by atoms with Gasteiger partial charge in [-0.15, -0.1) is 0 Å². The molecule has 0 bridgehead atoms. The van der Waals surface area contributed by atoms with Crippen molar-refractivity contribution in [3.8, 4) is 0 Å². The molecule has 2 aliphatic carbocycles. The number of carbonyl (C=O) groups is 2. The topological polar surface area (TPSA) is 83.8 Å². The van der Waals surface area contributed by atoms with Gasteiger partial charge in [0.25, 0.3) is 0 Å². The van der Waals surface area contributed by atoms with E-state index < -0.39 is 29.8 Å². The molecule has 0 spiro atoms. The summed E-state index contributed by atoms with van der Waals surface area (Å²) < 4.78 is 4.83. The predicted molar refractivity (Wildman–Crippen MR) is 57.9 cm³/mol. The van der Waals surface area contributed by atoms with E-state index in [0.29, 0.717) is 0 Å². The molecule has 92 valence electrons. The summed E-state index contributed by atoms with van der Waals surface area (Å²) >= 11 is 0. The molecule has 2 N–H and O–H groups in total. The maximum Gasteiger partial charge on any atom is 0.204 e. The van der Waals surface area contributed by atoms with Crippen molar-refractivity contribution in [1.82, 2.24) is 0 Å². The number of hydrogen-bond acceptors (Lipinski definition) is 5. The Morgan fingerprint density at radius 1 is 1.53 bits per heavy atom. The minimum atomic E-state index is -1.23. The van der Waals surface area contributed by atoms with E-state index in [4.69, 9.17) is 4.74 Å². The molecule has 5 heteroatoms. The van der Waals surface area contributed by atoms with Crippen LogP contribution in [0.2, 0.25) is 0 Å². The summed E-state index contributed by atoms with van der Waals surface area (Å²) in [6.07, 6.45) is 3.40. The number of carbonyl (C=O) groups excluding carboxylic acids is 2. The van der Waals surface area contributed by atoms with Crippen LogP contribution in [0, 0.1) is 11.3 Å². The molecular weight excluding hydrogens is 224 g/mol. The van der Waals surface area contributed by atoms with E-state index in [9.17, 15) is 19.8 Å². The first-order valence-electron chi connectivity index (χ1n) is 5.37. The Hall–Kier alpha value is -1.46. The molecule has 0 saturated heterocycles. The zero-order chi connectivity index (χ0) is 12.6. The Morgan fingerprint density at radius 2 is 2.24 bits per heavy atom. The van der Waals surface area contributed by atoms with Gasteiger partial charge in [0.2, 0.25) is 5.78 Å². The molecule has 5 nitrogen and oxygen atoms in total. The van der Waals surface area contributed by atoms with Crippen molar-refractivity contribution in [1.29, 1.82) is 0 Å². The Kier molecular flexibility index (Phi) is 2.89. The molecule has 0 radical (unpaired) electrons. The molecule has 0 fully saturated rings. The maximum atomic E-state index is 12.1. The number of allylic oxidation sites excluding steroid dienone is 3. The lowest BCUT2D eigenvalue weighted by atomic mass is 9.61. The molecule has 0 aromatic heterocycles. The Morgan fingerprint density at radius 3 is 2.82 bits per heavy atom. The van der Waals surface area contributed by atoms with E-state index >= 15 is 0 Å². The molecule has 2 aliphatic rings. The van der Waals surface area contributed by atoms with Crippen LogP contribution in [0.4, 0.5) is 0 Å². The van der Waals surface area contributed by atoms with Gasteiger partial charge in [-0.05, 0) is 6.42 Å². The number of rotatable bonds is 2. The van der Waals surface area contributed by atoms with E-state index in [2.05, 4.69) is 0 Å². The van der Waals surface area contributed by atoms with Crippen LogP contribution in [0.25, 0.3) is 0 Å². The zero-order valence-corrected chi connectivity index (χ0v) is 9.42. The molecule has 0 amide bonds. The van der Waals surface area contributed by atoms with Crippen molar-refractivity contribution in [2.75, 3.05) is 13.7 Å². The number of ether oxygens (including phenoxy) is 1. The van der Waals surface area contributed by atoms with Crippen molar-refractivity contribution in [2.45, 2.75) is 12.5 Å². The van der Waals surface area contributed by atoms with Crippen molar-refractivity contribution in [2.24, 2.45) is 11.3 Å². The van der Waals surface area contributed by atoms with Crippen molar-refractivity contribution in [3.63, 3.8) is 0 Å². The Bertz CT molecular complexity index is 423. The molecule has 0 unspecified atom stereocenters. The number of aliphatic hydroxyl groups is 2. The fraction of sp³-hybridized carbons (Fsp3) is 0.500. The standard InChI is InChI=1S/C12H14O5/c1-17-8-5-9(15)12(6-13)4-2-3-7(14)10(12)11(8)16/h2-3,5,7,10,13-14H,4,6H2,1H3/t7-,10+,12+/m0/s1. The normalized spacial score (nSPS) is 36.5. The van der Waals surface area contributed by atoms with E-state index in [-0.39, 0.29) is 18.0 Å². The lowest BCUT2D eigenvalue weighted by molar-refractivity contribution is -0.147. The maximum absolute atomic E-state index is 12.1. The fourth-order valence-electron chi connectivity index (χ4n) is 2.53. The van der Waals surface area contributed by atoms with Crippen LogP contribution in [-0.4, -0.2) is 41.6 Å². The van der Waals surface area contributed by atoms with Gasteiger partial charge in [-0.3, -0.25) is 9.59 Å². The van der Waals surface area contributed by atoms with Crippen molar-refractivity contribution < 1.29 is 24.5 Å². The molecule has 17 heavy (non-hydrogen) atoms. The van der Waals surface area contributed by atoms with Crippen LogP contribution < -0.4 is 0 Å². The highest BCUT2D eigenvalue weighted by Crippen LogP contribution is 2.43. The van der Waals surface area contributed by atoms with Crippen LogP contribution in [-0.2, 0) is 14.3 Å². The first-order valence-corrected chi connectivity index (χ1v) is 5.37. The van der Waals surface area contributed by atoms with Crippen LogP contribution in [0.3, 0.4) is 0 Å². The molecule has 0 saturated carbocycles. The third-order valence-electron chi connectivity index (χ3n) is 3.53. The summed E-state index contributed by atoms with van der Waals surface area (Å²) in [6, 6.07) is 0. The third kappa shape index (κ3) is 1.54. The van der Waals surface area contributed by atoms with Gasteiger partial charge in [0, 0.05) is 6.08 Å². The molecule has 0 heterocycles. The van der Waals surface area contributed by atoms with Gasteiger partial charge in [0.1, 0.15) is 0 Å². The highest BCUT2D eigenvalue weighted by molar-refractivity contribution is 6.12. The molecule has 3 atom stereocenters. The summed E-state index contributed by atoms with van der Waals surface area (Å²) in [5.74, 6) is -1.81. The summed E-state index contributed by atoms with van der Waals surface area (Å²) in [7, 11) is 1.30. The SMILES string of the molecule is COC1=CC(=O)[C@]2(CO)CC=C[C@H](O)[C@@H]2C1=O. The number of methoxy groups -OCH3 is 1. The van der Waals surface area contributed by atoms with Gasteiger partial charge in [0.15, 0.2) is 11.5 Å². The van der Waals surface area contributed by atoms with Crippen LogP contribution in [0.5, 0.6) is 0 Å². The molecular formula is C12H14O5. The largest absolute Gasteiger partial charge is 0.493 e. The lowest BCUT2D eigenvalue weighted by Crippen LogP contribution is -2.54. The molecule has 0 aromatic rings. The average molecular weight is 238 g/mol. The zero-order valence-electron chi connectivity index (χ0n) is 9.42.